The number of hydrogen-bond donors (Lipinski definition) is 3. The van der Waals surface area contributed by atoms with E-state index in [1.54, 1.807) is 7.05 Å². The Morgan fingerprint density at radius 2 is 1.78 bits per heavy atom. The van der Waals surface area contributed by atoms with E-state index in [0.717, 1.165) is 43.0 Å². The topological polar surface area (TPSA) is 65.5 Å². The molecular weight excluding hydrogens is 336 g/mol. The van der Waals surface area contributed by atoms with Crippen LogP contribution in [0, 0.1) is 0 Å². The molecule has 3 N–H and O–H groups in total. The third-order valence-corrected chi connectivity index (χ3v) is 4.15. The number of nitrogens with one attached hydrogen (secondary N) is 3. The number of nitrogens with zero attached hydrogens (tertiary/aromatic N) is 1. The number of carbonyl (C=O) groups is 1. The minimum absolute atomic E-state index is 0.0542. The molecule has 0 heterocycles. The summed E-state index contributed by atoms with van der Waals surface area (Å²) in [5, 5.41) is 9.59. The second-order valence-electron chi connectivity index (χ2n) is 6.44. The standard InChI is InChI=1S/C22H30N4O/c1-3-9-21(27)26-20-14-7-12-19(16-20)17-25-22(23-2)24-15-8-13-18-10-5-4-6-11-18/h4-7,10-12,14,16H,3,8-9,13,15,17H2,1-2H3,(H,26,27)(H2,23,24,25). The molecule has 0 aliphatic heterocycles. The van der Waals surface area contributed by atoms with Crippen LogP contribution in [0.5, 0.6) is 0 Å². The molecule has 0 unspecified atom stereocenters. The van der Waals surface area contributed by atoms with E-state index in [0.29, 0.717) is 13.0 Å². The van der Waals surface area contributed by atoms with Crippen molar-refractivity contribution in [3.63, 3.8) is 0 Å². The van der Waals surface area contributed by atoms with E-state index in [9.17, 15) is 4.79 Å². The summed E-state index contributed by atoms with van der Waals surface area (Å²) in [6, 6.07) is 18.4. The Hall–Kier alpha value is -2.82. The van der Waals surface area contributed by atoms with Gasteiger partial charge in [0, 0.05) is 32.2 Å². The van der Waals surface area contributed by atoms with Crippen molar-refractivity contribution in [1.82, 2.24) is 10.6 Å². The van der Waals surface area contributed by atoms with E-state index in [4.69, 9.17) is 0 Å². The van der Waals surface area contributed by atoms with E-state index in [1.807, 2.05) is 37.3 Å². The van der Waals surface area contributed by atoms with Crippen molar-refractivity contribution >= 4 is 17.6 Å². The SMILES string of the molecule is CCCC(=O)Nc1cccc(CNC(=NC)NCCCc2ccccc2)c1. The van der Waals surface area contributed by atoms with Crippen molar-refractivity contribution in [3.8, 4) is 0 Å². The maximum absolute atomic E-state index is 11.7. The number of amides is 1. The minimum Gasteiger partial charge on any atom is -0.356 e. The molecule has 144 valence electrons. The summed E-state index contributed by atoms with van der Waals surface area (Å²) in [4.78, 5) is 16.0. The monoisotopic (exact) mass is 366 g/mol. The predicted octanol–water partition coefficient (Wildman–Crippen LogP) is 3.72. The molecule has 0 radical (unpaired) electrons. The number of hydrogen-bond acceptors (Lipinski definition) is 2. The highest BCUT2D eigenvalue weighted by Crippen LogP contribution is 2.11. The average Bonchev–Trinajstić information content (AvgIpc) is 2.68. The van der Waals surface area contributed by atoms with Gasteiger partial charge in [-0.1, -0.05) is 49.4 Å². The molecule has 0 bridgehead atoms. The molecule has 1 amide bonds. The molecule has 0 spiro atoms. The highest BCUT2D eigenvalue weighted by atomic mass is 16.1. The van der Waals surface area contributed by atoms with E-state index in [-0.39, 0.29) is 5.91 Å². The maximum atomic E-state index is 11.7. The number of anilines is 1. The lowest BCUT2D eigenvalue weighted by Gasteiger charge is -2.13. The largest absolute Gasteiger partial charge is 0.356 e. The molecule has 2 aromatic carbocycles. The zero-order chi connectivity index (χ0) is 19.3. The normalized spacial score (nSPS) is 11.1. The van der Waals surface area contributed by atoms with Gasteiger partial charge in [0.15, 0.2) is 5.96 Å². The summed E-state index contributed by atoms with van der Waals surface area (Å²) in [5.74, 6) is 0.835. The van der Waals surface area contributed by atoms with Gasteiger partial charge >= 0.3 is 0 Å². The van der Waals surface area contributed by atoms with Crippen LogP contribution in [0.2, 0.25) is 0 Å². The second-order valence-corrected chi connectivity index (χ2v) is 6.44. The van der Waals surface area contributed by atoms with Gasteiger partial charge in [-0.3, -0.25) is 9.79 Å². The molecule has 2 aromatic rings. The molecule has 0 saturated carbocycles. The fourth-order valence-corrected chi connectivity index (χ4v) is 2.76. The molecule has 0 saturated heterocycles. The van der Waals surface area contributed by atoms with Crippen LogP contribution >= 0.6 is 0 Å². The van der Waals surface area contributed by atoms with Gasteiger partial charge in [0.25, 0.3) is 0 Å². The zero-order valence-electron chi connectivity index (χ0n) is 16.3. The van der Waals surface area contributed by atoms with E-state index in [2.05, 4.69) is 45.2 Å². The summed E-state index contributed by atoms with van der Waals surface area (Å²) >= 11 is 0. The molecule has 2 rings (SSSR count). The zero-order valence-corrected chi connectivity index (χ0v) is 16.3. The van der Waals surface area contributed by atoms with Crippen LogP contribution in [0.3, 0.4) is 0 Å². The highest BCUT2D eigenvalue weighted by Gasteiger charge is 2.03. The van der Waals surface area contributed by atoms with Crippen molar-refractivity contribution in [3.05, 3.63) is 65.7 Å². The van der Waals surface area contributed by atoms with Gasteiger partial charge in [-0.2, -0.15) is 0 Å². The van der Waals surface area contributed by atoms with Gasteiger partial charge in [-0.15, -0.1) is 0 Å². The summed E-state index contributed by atoms with van der Waals surface area (Å²) in [6.07, 6.45) is 3.48. The molecule has 5 heteroatoms. The number of rotatable bonds is 9. The molecule has 0 aliphatic rings. The third kappa shape index (κ3) is 7.94. The predicted molar refractivity (Wildman–Crippen MR) is 113 cm³/mol. The van der Waals surface area contributed by atoms with Crippen LogP contribution in [0.15, 0.2) is 59.6 Å². The van der Waals surface area contributed by atoms with Crippen molar-refractivity contribution in [1.29, 1.82) is 0 Å². The molecule has 0 aliphatic carbocycles. The Morgan fingerprint density at radius 3 is 2.52 bits per heavy atom. The Morgan fingerprint density at radius 1 is 1.00 bits per heavy atom. The number of carbonyl (C=O) groups excluding carboxylic acids is 1. The smallest absolute Gasteiger partial charge is 0.224 e. The number of benzene rings is 2. The first-order chi connectivity index (χ1) is 13.2. The molecule has 0 aromatic heterocycles. The van der Waals surface area contributed by atoms with E-state index < -0.39 is 0 Å². The fourth-order valence-electron chi connectivity index (χ4n) is 2.76. The van der Waals surface area contributed by atoms with Gasteiger partial charge in [0.05, 0.1) is 0 Å². The lowest BCUT2D eigenvalue weighted by molar-refractivity contribution is -0.116. The summed E-state index contributed by atoms with van der Waals surface area (Å²) in [7, 11) is 1.77. The third-order valence-electron chi connectivity index (χ3n) is 4.15. The van der Waals surface area contributed by atoms with Crippen LogP contribution in [0.4, 0.5) is 5.69 Å². The molecule has 0 fully saturated rings. The van der Waals surface area contributed by atoms with Crippen LogP contribution in [0.1, 0.15) is 37.3 Å². The van der Waals surface area contributed by atoms with Gasteiger partial charge in [0.1, 0.15) is 0 Å². The van der Waals surface area contributed by atoms with Crippen LogP contribution < -0.4 is 16.0 Å². The van der Waals surface area contributed by atoms with E-state index >= 15 is 0 Å². The first kappa shape index (κ1) is 20.5. The van der Waals surface area contributed by atoms with Gasteiger partial charge in [-0.25, -0.2) is 0 Å². The van der Waals surface area contributed by atoms with Crippen molar-refractivity contribution < 1.29 is 4.79 Å². The second kappa shape index (κ2) is 11.7. The first-order valence-corrected chi connectivity index (χ1v) is 9.58. The highest BCUT2D eigenvalue weighted by molar-refractivity contribution is 5.90. The van der Waals surface area contributed by atoms with Crippen LogP contribution in [-0.4, -0.2) is 25.5 Å². The summed E-state index contributed by atoms with van der Waals surface area (Å²) in [5.41, 5.74) is 3.28. The molecule has 27 heavy (non-hydrogen) atoms. The van der Waals surface area contributed by atoms with Gasteiger partial charge in [-0.05, 0) is 42.5 Å². The van der Waals surface area contributed by atoms with Crippen molar-refractivity contribution in [2.75, 3.05) is 18.9 Å². The first-order valence-electron chi connectivity index (χ1n) is 9.58. The Balaban J connectivity index is 1.74. The van der Waals surface area contributed by atoms with Crippen LogP contribution in [-0.2, 0) is 17.8 Å². The van der Waals surface area contributed by atoms with E-state index in [1.165, 1.54) is 5.56 Å². The Kier molecular flexibility index (Phi) is 8.90. The van der Waals surface area contributed by atoms with Crippen LogP contribution in [0.25, 0.3) is 0 Å². The van der Waals surface area contributed by atoms with Crippen molar-refractivity contribution in [2.45, 2.75) is 39.2 Å². The quantitative estimate of drug-likeness (QED) is 0.360. The number of guanidine groups is 1. The Labute approximate surface area is 162 Å². The van der Waals surface area contributed by atoms with Gasteiger partial charge < -0.3 is 16.0 Å². The number of aliphatic imine (C=N–C) groups is 1. The lowest BCUT2D eigenvalue weighted by atomic mass is 10.1. The number of aryl methyl sites for hydroxylation is 1. The van der Waals surface area contributed by atoms with Crippen molar-refractivity contribution in [2.24, 2.45) is 4.99 Å². The molecule has 0 atom stereocenters. The van der Waals surface area contributed by atoms with Gasteiger partial charge in [0.2, 0.25) is 5.91 Å². The maximum Gasteiger partial charge on any atom is 0.224 e. The lowest BCUT2D eigenvalue weighted by Crippen LogP contribution is -2.37. The summed E-state index contributed by atoms with van der Waals surface area (Å²) < 4.78 is 0. The fraction of sp³-hybridized carbons (Fsp3) is 0.364. The Bertz CT molecular complexity index is 728. The summed E-state index contributed by atoms with van der Waals surface area (Å²) in [6.45, 7) is 3.51. The minimum atomic E-state index is 0.0542. The molecular formula is C22H30N4O. The molecule has 5 nitrogen and oxygen atoms in total. The average molecular weight is 367 g/mol.